The number of benzene rings is 2. The van der Waals surface area contributed by atoms with E-state index in [1.807, 2.05) is 78.6 Å². The highest BCUT2D eigenvalue weighted by molar-refractivity contribution is 5.76. The fourth-order valence-corrected chi connectivity index (χ4v) is 3.49. The smallest absolute Gasteiger partial charge is 0.226 e. The van der Waals surface area contributed by atoms with Gasteiger partial charge in [-0.1, -0.05) is 48.0 Å². The number of anilines is 1. The molecule has 154 valence electrons. The van der Waals surface area contributed by atoms with Crippen LogP contribution in [0, 0.1) is 6.92 Å². The number of carbonyl (C=O) groups excluding carboxylic acids is 1. The second kappa shape index (κ2) is 9.39. The molecule has 0 bridgehead atoms. The van der Waals surface area contributed by atoms with Crippen molar-refractivity contribution in [2.75, 3.05) is 37.7 Å². The van der Waals surface area contributed by atoms with Crippen LogP contribution in [-0.4, -0.2) is 53.8 Å². The summed E-state index contributed by atoms with van der Waals surface area (Å²) in [7, 11) is 0. The second-order valence-corrected chi connectivity index (χ2v) is 7.42. The monoisotopic (exact) mass is 402 g/mol. The first-order valence-corrected chi connectivity index (χ1v) is 10.3. The van der Waals surface area contributed by atoms with Crippen molar-refractivity contribution in [1.29, 1.82) is 0 Å². The van der Waals surface area contributed by atoms with E-state index in [0.717, 1.165) is 35.9 Å². The van der Waals surface area contributed by atoms with Gasteiger partial charge in [-0.2, -0.15) is 0 Å². The van der Waals surface area contributed by atoms with E-state index >= 15 is 0 Å². The van der Waals surface area contributed by atoms with Gasteiger partial charge in [0.2, 0.25) is 5.91 Å². The number of piperazine rings is 1. The molecule has 6 heteroatoms. The molecule has 1 saturated heterocycles. The molecule has 0 spiro atoms. The van der Waals surface area contributed by atoms with E-state index in [9.17, 15) is 4.79 Å². The van der Waals surface area contributed by atoms with Gasteiger partial charge in [0.1, 0.15) is 5.75 Å². The summed E-state index contributed by atoms with van der Waals surface area (Å²) in [5.41, 5.74) is 3.11. The largest absolute Gasteiger partial charge is 0.493 e. The van der Waals surface area contributed by atoms with Crippen LogP contribution in [0.5, 0.6) is 5.75 Å². The maximum Gasteiger partial charge on any atom is 0.226 e. The molecule has 0 radical (unpaired) electrons. The van der Waals surface area contributed by atoms with Crippen molar-refractivity contribution in [2.24, 2.45) is 0 Å². The van der Waals surface area contributed by atoms with Crippen molar-refractivity contribution in [1.82, 2.24) is 15.1 Å². The average molecular weight is 402 g/mol. The van der Waals surface area contributed by atoms with Crippen LogP contribution in [0.25, 0.3) is 11.3 Å². The maximum atomic E-state index is 12.5. The molecule has 0 N–H and O–H groups in total. The van der Waals surface area contributed by atoms with Gasteiger partial charge in [0.25, 0.3) is 0 Å². The fourth-order valence-electron chi connectivity index (χ4n) is 3.49. The van der Waals surface area contributed by atoms with Gasteiger partial charge in [-0.25, -0.2) is 0 Å². The first-order chi connectivity index (χ1) is 14.7. The Kier molecular flexibility index (Phi) is 6.23. The second-order valence-electron chi connectivity index (χ2n) is 7.42. The van der Waals surface area contributed by atoms with E-state index in [1.165, 1.54) is 5.56 Å². The number of rotatable bonds is 6. The minimum atomic E-state index is 0.132. The zero-order chi connectivity index (χ0) is 20.8. The van der Waals surface area contributed by atoms with E-state index in [4.69, 9.17) is 4.74 Å². The lowest BCUT2D eigenvalue weighted by molar-refractivity contribution is -0.132. The summed E-state index contributed by atoms with van der Waals surface area (Å²) in [6.45, 7) is 5.31. The van der Waals surface area contributed by atoms with Crippen LogP contribution in [0.4, 0.5) is 5.82 Å². The molecule has 0 unspecified atom stereocenters. The summed E-state index contributed by atoms with van der Waals surface area (Å²) in [5.74, 6) is 1.78. The van der Waals surface area contributed by atoms with Gasteiger partial charge in [-0.15, -0.1) is 10.2 Å². The third kappa shape index (κ3) is 4.95. The zero-order valence-corrected chi connectivity index (χ0v) is 17.2. The van der Waals surface area contributed by atoms with Crippen molar-refractivity contribution in [3.8, 4) is 17.0 Å². The number of carbonyl (C=O) groups is 1. The van der Waals surface area contributed by atoms with Crippen LogP contribution in [0.1, 0.15) is 12.0 Å². The minimum absolute atomic E-state index is 0.132. The summed E-state index contributed by atoms with van der Waals surface area (Å²) < 4.78 is 5.68. The Balaban J connectivity index is 1.24. The lowest BCUT2D eigenvalue weighted by atomic mass is 10.1. The van der Waals surface area contributed by atoms with Gasteiger partial charge in [0, 0.05) is 31.7 Å². The van der Waals surface area contributed by atoms with E-state index in [1.54, 1.807) is 0 Å². The lowest BCUT2D eigenvalue weighted by Gasteiger charge is -2.35. The molecule has 1 amide bonds. The predicted molar refractivity (Wildman–Crippen MR) is 118 cm³/mol. The highest BCUT2D eigenvalue weighted by atomic mass is 16.5. The molecule has 0 atom stereocenters. The maximum absolute atomic E-state index is 12.5. The van der Waals surface area contributed by atoms with Crippen molar-refractivity contribution in [3.63, 3.8) is 0 Å². The number of hydrogen-bond donors (Lipinski definition) is 0. The van der Waals surface area contributed by atoms with Gasteiger partial charge in [-0.05, 0) is 31.2 Å². The van der Waals surface area contributed by atoms with Crippen LogP contribution in [0.3, 0.4) is 0 Å². The van der Waals surface area contributed by atoms with E-state index in [0.29, 0.717) is 26.1 Å². The SMILES string of the molecule is Cc1ccc(OCCC(=O)N2CCN(c3ccc(-c4ccccc4)nn3)CC2)cc1. The predicted octanol–water partition coefficient (Wildman–Crippen LogP) is 3.57. The van der Waals surface area contributed by atoms with Crippen LogP contribution >= 0.6 is 0 Å². The first-order valence-electron chi connectivity index (χ1n) is 10.3. The Bertz CT molecular complexity index is 951. The molecule has 2 aromatic carbocycles. The summed E-state index contributed by atoms with van der Waals surface area (Å²) in [6, 6.07) is 21.9. The van der Waals surface area contributed by atoms with Gasteiger partial charge < -0.3 is 14.5 Å². The molecule has 0 saturated carbocycles. The van der Waals surface area contributed by atoms with Crippen LogP contribution in [0.2, 0.25) is 0 Å². The molecule has 1 aromatic heterocycles. The van der Waals surface area contributed by atoms with Gasteiger partial charge in [-0.3, -0.25) is 4.79 Å². The zero-order valence-electron chi connectivity index (χ0n) is 17.2. The highest BCUT2D eigenvalue weighted by Gasteiger charge is 2.22. The van der Waals surface area contributed by atoms with Crippen molar-refractivity contribution < 1.29 is 9.53 Å². The van der Waals surface area contributed by atoms with E-state index < -0.39 is 0 Å². The molecule has 2 heterocycles. The van der Waals surface area contributed by atoms with Crippen molar-refractivity contribution in [3.05, 3.63) is 72.3 Å². The van der Waals surface area contributed by atoms with Crippen molar-refractivity contribution >= 4 is 11.7 Å². The summed E-state index contributed by atoms with van der Waals surface area (Å²) in [5, 5.41) is 8.75. The first kappa shape index (κ1) is 19.9. The van der Waals surface area contributed by atoms with E-state index in [-0.39, 0.29) is 5.91 Å². The van der Waals surface area contributed by atoms with Gasteiger partial charge >= 0.3 is 0 Å². The van der Waals surface area contributed by atoms with Crippen LogP contribution in [-0.2, 0) is 4.79 Å². The lowest BCUT2D eigenvalue weighted by Crippen LogP contribution is -2.49. The number of aromatic nitrogens is 2. The van der Waals surface area contributed by atoms with Crippen molar-refractivity contribution in [2.45, 2.75) is 13.3 Å². The molecule has 4 rings (SSSR count). The Morgan fingerprint density at radius 1 is 0.900 bits per heavy atom. The Morgan fingerprint density at radius 3 is 2.30 bits per heavy atom. The normalized spacial score (nSPS) is 13.9. The number of amides is 1. The van der Waals surface area contributed by atoms with Gasteiger partial charge in [0.05, 0.1) is 18.7 Å². The minimum Gasteiger partial charge on any atom is -0.493 e. The van der Waals surface area contributed by atoms with Gasteiger partial charge in [0.15, 0.2) is 5.82 Å². The Labute approximate surface area is 177 Å². The summed E-state index contributed by atoms with van der Waals surface area (Å²) >= 11 is 0. The number of nitrogens with zero attached hydrogens (tertiary/aromatic N) is 4. The molecule has 6 nitrogen and oxygen atoms in total. The molecular formula is C24H26N4O2. The molecule has 1 aliphatic rings. The number of ether oxygens (including phenoxy) is 1. The highest BCUT2D eigenvalue weighted by Crippen LogP contribution is 2.19. The van der Waals surface area contributed by atoms with Crippen LogP contribution < -0.4 is 9.64 Å². The third-order valence-corrected chi connectivity index (χ3v) is 5.28. The quantitative estimate of drug-likeness (QED) is 0.631. The van der Waals surface area contributed by atoms with E-state index in [2.05, 4.69) is 15.1 Å². The molecule has 3 aromatic rings. The third-order valence-electron chi connectivity index (χ3n) is 5.28. The van der Waals surface area contributed by atoms with Crippen LogP contribution in [0.15, 0.2) is 66.7 Å². The topological polar surface area (TPSA) is 58.6 Å². The molecule has 30 heavy (non-hydrogen) atoms. The Morgan fingerprint density at radius 2 is 1.63 bits per heavy atom. The average Bonchev–Trinajstić information content (AvgIpc) is 2.81. The summed E-state index contributed by atoms with van der Waals surface area (Å²) in [6.07, 6.45) is 0.388. The number of aryl methyl sites for hydroxylation is 1. The molecule has 1 fully saturated rings. The molecule has 1 aliphatic heterocycles. The Hall–Kier alpha value is -3.41. The molecule has 0 aliphatic carbocycles. The fraction of sp³-hybridized carbons (Fsp3) is 0.292. The summed E-state index contributed by atoms with van der Waals surface area (Å²) in [4.78, 5) is 16.6. The standard InChI is InChI=1S/C24H26N4O2/c1-19-7-9-21(10-8-19)30-18-13-24(29)28-16-14-27(15-17-28)23-12-11-22(25-26-23)20-5-3-2-4-6-20/h2-12H,13-18H2,1H3. The number of hydrogen-bond acceptors (Lipinski definition) is 5. The molecular weight excluding hydrogens is 376 g/mol.